The minimum atomic E-state index is -1.19. The Morgan fingerprint density at radius 2 is 2.27 bits per heavy atom. The molecule has 0 bridgehead atoms. The molecular weight excluding hydrogens is 198 g/mol. The van der Waals surface area contributed by atoms with E-state index in [1.165, 1.54) is 19.1 Å². The number of amides is 1. The lowest BCUT2D eigenvalue weighted by molar-refractivity contribution is -0.168. The van der Waals surface area contributed by atoms with E-state index in [0.29, 0.717) is 19.3 Å². The Morgan fingerprint density at radius 1 is 1.60 bits per heavy atom. The average Bonchev–Trinajstić information content (AvgIpc) is 2.27. The van der Waals surface area contributed by atoms with Gasteiger partial charge in [-0.25, -0.2) is 4.79 Å². The van der Waals surface area contributed by atoms with Gasteiger partial charge in [0.05, 0.1) is 6.10 Å². The Morgan fingerprint density at radius 3 is 2.73 bits per heavy atom. The lowest BCUT2D eigenvalue weighted by Crippen LogP contribution is -2.62. The second-order valence-corrected chi connectivity index (χ2v) is 3.92. The summed E-state index contributed by atoms with van der Waals surface area (Å²) in [6, 6.07) is 0. The molecule has 1 saturated carbocycles. The summed E-state index contributed by atoms with van der Waals surface area (Å²) in [6.45, 7) is 0. The maximum Gasteiger partial charge on any atom is 0.332 e. The zero-order chi connectivity index (χ0) is 11.5. The first-order chi connectivity index (χ1) is 7.09. The van der Waals surface area contributed by atoms with Crippen LogP contribution in [0.5, 0.6) is 0 Å². The number of methoxy groups -OCH3 is 1. The van der Waals surface area contributed by atoms with Crippen molar-refractivity contribution in [1.82, 2.24) is 4.90 Å². The summed E-state index contributed by atoms with van der Waals surface area (Å²) in [7, 11) is 2.99. The Balaban J connectivity index is 3.04. The van der Waals surface area contributed by atoms with E-state index in [-0.39, 0.29) is 0 Å². The highest BCUT2D eigenvalue weighted by molar-refractivity contribution is 5.82. The highest BCUT2D eigenvalue weighted by Gasteiger charge is 2.50. The van der Waals surface area contributed by atoms with Crippen LogP contribution in [0.2, 0.25) is 0 Å². The summed E-state index contributed by atoms with van der Waals surface area (Å²) < 4.78 is 5.21. The fraction of sp³-hybridized carbons (Fsp3) is 0.800. The van der Waals surface area contributed by atoms with Gasteiger partial charge in [0.15, 0.2) is 5.54 Å². The number of carboxylic acids is 1. The second-order valence-electron chi connectivity index (χ2n) is 3.92. The molecule has 1 amide bonds. The normalized spacial score (nSPS) is 30.9. The highest BCUT2D eigenvalue weighted by Crippen LogP contribution is 2.34. The minimum Gasteiger partial charge on any atom is -0.479 e. The molecule has 86 valence electrons. The second kappa shape index (κ2) is 4.61. The predicted molar refractivity (Wildman–Crippen MR) is 53.5 cm³/mol. The molecule has 15 heavy (non-hydrogen) atoms. The molecule has 1 rings (SSSR count). The van der Waals surface area contributed by atoms with Gasteiger partial charge in [-0.2, -0.15) is 0 Å². The summed E-state index contributed by atoms with van der Waals surface area (Å²) in [4.78, 5) is 23.4. The van der Waals surface area contributed by atoms with Gasteiger partial charge in [-0.15, -0.1) is 0 Å². The molecule has 0 aromatic heterocycles. The molecule has 1 fully saturated rings. The van der Waals surface area contributed by atoms with E-state index in [9.17, 15) is 14.7 Å². The first kappa shape index (κ1) is 12.0. The van der Waals surface area contributed by atoms with Crippen LogP contribution in [0.3, 0.4) is 0 Å². The van der Waals surface area contributed by atoms with Gasteiger partial charge in [0.1, 0.15) is 0 Å². The van der Waals surface area contributed by atoms with Gasteiger partial charge >= 0.3 is 5.97 Å². The third-order valence-electron chi connectivity index (χ3n) is 3.25. The van der Waals surface area contributed by atoms with Gasteiger partial charge in [0.2, 0.25) is 6.41 Å². The fourth-order valence-corrected chi connectivity index (χ4v) is 2.33. The number of nitrogens with zero attached hydrogens (tertiary/aromatic N) is 1. The molecule has 0 aromatic rings. The van der Waals surface area contributed by atoms with Crippen LogP contribution in [0.1, 0.15) is 25.7 Å². The molecule has 1 aliphatic carbocycles. The van der Waals surface area contributed by atoms with Crippen molar-refractivity contribution in [1.29, 1.82) is 0 Å². The molecule has 0 spiro atoms. The molecule has 1 N–H and O–H groups in total. The summed E-state index contributed by atoms with van der Waals surface area (Å²) in [5.41, 5.74) is -1.19. The molecule has 2 unspecified atom stereocenters. The molecule has 1 aliphatic rings. The van der Waals surface area contributed by atoms with Crippen molar-refractivity contribution >= 4 is 12.4 Å². The average molecular weight is 215 g/mol. The molecule has 0 aromatic carbocycles. The van der Waals surface area contributed by atoms with E-state index >= 15 is 0 Å². The van der Waals surface area contributed by atoms with Crippen LogP contribution in [0.25, 0.3) is 0 Å². The number of aliphatic carboxylic acids is 1. The van der Waals surface area contributed by atoms with Crippen LogP contribution in [-0.4, -0.2) is 48.2 Å². The Labute approximate surface area is 89.0 Å². The van der Waals surface area contributed by atoms with E-state index in [0.717, 1.165) is 12.8 Å². The maximum atomic E-state index is 11.4. The van der Waals surface area contributed by atoms with Crippen molar-refractivity contribution in [2.24, 2.45) is 0 Å². The first-order valence-corrected chi connectivity index (χ1v) is 5.04. The van der Waals surface area contributed by atoms with Crippen molar-refractivity contribution in [2.45, 2.75) is 37.3 Å². The number of carbonyl (C=O) groups is 2. The van der Waals surface area contributed by atoms with Crippen LogP contribution in [0, 0.1) is 0 Å². The maximum absolute atomic E-state index is 11.4. The predicted octanol–water partition coefficient (Wildman–Crippen LogP) is 0.487. The molecule has 5 heteroatoms. The zero-order valence-electron chi connectivity index (χ0n) is 9.10. The van der Waals surface area contributed by atoms with E-state index in [1.54, 1.807) is 0 Å². The molecule has 0 radical (unpaired) electrons. The van der Waals surface area contributed by atoms with Crippen LogP contribution in [-0.2, 0) is 14.3 Å². The van der Waals surface area contributed by atoms with E-state index in [4.69, 9.17) is 4.74 Å². The SMILES string of the molecule is COC1CCCCC1(C(=O)O)N(C)C=O. The van der Waals surface area contributed by atoms with Gasteiger partial charge in [0.25, 0.3) is 0 Å². The van der Waals surface area contributed by atoms with Crippen LogP contribution < -0.4 is 0 Å². The number of ether oxygens (including phenoxy) is 1. The van der Waals surface area contributed by atoms with Gasteiger partial charge in [-0.3, -0.25) is 4.79 Å². The fourth-order valence-electron chi connectivity index (χ4n) is 2.33. The Bertz CT molecular complexity index is 256. The molecular formula is C10H17NO4. The van der Waals surface area contributed by atoms with Gasteiger partial charge in [0, 0.05) is 14.2 Å². The molecule has 0 heterocycles. The zero-order valence-corrected chi connectivity index (χ0v) is 9.10. The molecule has 0 saturated heterocycles. The molecule has 5 nitrogen and oxygen atoms in total. The summed E-state index contributed by atoms with van der Waals surface area (Å²) in [6.07, 6.45) is 3.03. The number of hydrogen-bond donors (Lipinski definition) is 1. The standard InChI is InChI=1S/C10H17NO4/c1-11(7-12)10(9(13)14)6-4-3-5-8(10)15-2/h7-8H,3-6H2,1-2H3,(H,13,14). The summed E-state index contributed by atoms with van der Waals surface area (Å²) >= 11 is 0. The topological polar surface area (TPSA) is 66.8 Å². The van der Waals surface area contributed by atoms with Crippen molar-refractivity contribution in [3.63, 3.8) is 0 Å². The van der Waals surface area contributed by atoms with Crippen molar-refractivity contribution in [3.8, 4) is 0 Å². The number of carboxylic acid groups (broad SMARTS) is 1. The van der Waals surface area contributed by atoms with Gasteiger partial charge < -0.3 is 14.7 Å². The lowest BCUT2D eigenvalue weighted by Gasteiger charge is -2.44. The summed E-state index contributed by atoms with van der Waals surface area (Å²) in [5.74, 6) is -0.983. The summed E-state index contributed by atoms with van der Waals surface area (Å²) in [5, 5.41) is 9.31. The van der Waals surface area contributed by atoms with Crippen molar-refractivity contribution in [3.05, 3.63) is 0 Å². The van der Waals surface area contributed by atoms with Crippen LogP contribution in [0.4, 0.5) is 0 Å². The number of carbonyl (C=O) groups excluding carboxylic acids is 1. The van der Waals surface area contributed by atoms with E-state index in [2.05, 4.69) is 0 Å². The monoisotopic (exact) mass is 215 g/mol. The first-order valence-electron chi connectivity index (χ1n) is 5.04. The van der Waals surface area contributed by atoms with E-state index in [1.807, 2.05) is 0 Å². The number of likely N-dealkylation sites (N-methyl/N-ethyl adjacent to an activating group) is 1. The third kappa shape index (κ3) is 1.84. The van der Waals surface area contributed by atoms with Crippen molar-refractivity contribution < 1.29 is 19.4 Å². The van der Waals surface area contributed by atoms with Gasteiger partial charge in [-0.05, 0) is 12.8 Å². The Kier molecular flexibility index (Phi) is 3.68. The van der Waals surface area contributed by atoms with Gasteiger partial charge in [-0.1, -0.05) is 12.8 Å². The Hall–Kier alpha value is -1.10. The number of rotatable bonds is 4. The third-order valence-corrected chi connectivity index (χ3v) is 3.25. The highest BCUT2D eigenvalue weighted by atomic mass is 16.5. The largest absolute Gasteiger partial charge is 0.479 e. The van der Waals surface area contributed by atoms with E-state index < -0.39 is 17.6 Å². The smallest absolute Gasteiger partial charge is 0.332 e. The lowest BCUT2D eigenvalue weighted by atomic mass is 9.78. The van der Waals surface area contributed by atoms with Crippen LogP contribution in [0.15, 0.2) is 0 Å². The number of hydrogen-bond acceptors (Lipinski definition) is 3. The van der Waals surface area contributed by atoms with Crippen molar-refractivity contribution in [2.75, 3.05) is 14.2 Å². The molecule has 2 atom stereocenters. The molecule has 0 aliphatic heterocycles. The van der Waals surface area contributed by atoms with Crippen LogP contribution >= 0.6 is 0 Å². The minimum absolute atomic E-state index is 0.418. The quantitative estimate of drug-likeness (QED) is 0.693.